The number of pyridine rings is 1. The second-order valence-electron chi connectivity index (χ2n) is 3.75. The lowest BCUT2D eigenvalue weighted by Crippen LogP contribution is -2.27. The van der Waals surface area contributed by atoms with E-state index in [0.29, 0.717) is 29.3 Å². The summed E-state index contributed by atoms with van der Waals surface area (Å²) >= 11 is 3.27. The molecule has 4 nitrogen and oxygen atoms in total. The number of nitrogens with zero attached hydrogens (tertiary/aromatic N) is 1. The molecule has 0 aliphatic carbocycles. The van der Waals surface area contributed by atoms with Gasteiger partial charge >= 0.3 is 0 Å². The number of carbonyl (C=O) groups is 1. The van der Waals surface area contributed by atoms with E-state index in [1.165, 1.54) is 0 Å². The third kappa shape index (κ3) is 4.72. The van der Waals surface area contributed by atoms with Crippen LogP contribution >= 0.6 is 15.9 Å². The first-order valence-electron chi connectivity index (χ1n) is 5.23. The average molecular weight is 286 g/mol. The minimum Gasteiger partial charge on any atom is -0.324 e. The fraction of sp³-hybridized carbons (Fsp3) is 0.455. The Morgan fingerprint density at radius 2 is 2.31 bits per heavy atom. The molecule has 0 aliphatic heterocycles. The summed E-state index contributed by atoms with van der Waals surface area (Å²) in [4.78, 5) is 15.6. The van der Waals surface area contributed by atoms with Gasteiger partial charge in [0.15, 0.2) is 0 Å². The predicted octanol–water partition coefficient (Wildman–Crippen LogP) is 2.17. The fourth-order valence-electron chi connectivity index (χ4n) is 1.17. The molecule has 0 spiro atoms. The lowest BCUT2D eigenvalue weighted by atomic mass is 10.3. The molecule has 0 bridgehead atoms. The van der Waals surface area contributed by atoms with Crippen molar-refractivity contribution >= 4 is 27.5 Å². The molecule has 1 rings (SSSR count). The highest BCUT2D eigenvalue weighted by Crippen LogP contribution is 2.18. The van der Waals surface area contributed by atoms with E-state index in [2.05, 4.69) is 45.4 Å². The zero-order valence-electron chi connectivity index (χ0n) is 9.46. The Hall–Kier alpha value is -0.940. The zero-order valence-corrected chi connectivity index (χ0v) is 11.0. The Labute approximate surface area is 104 Å². The van der Waals surface area contributed by atoms with Crippen LogP contribution in [-0.4, -0.2) is 23.5 Å². The van der Waals surface area contributed by atoms with Crippen LogP contribution in [0.3, 0.4) is 0 Å². The smallest absolute Gasteiger partial charge is 0.225 e. The normalized spacial score (nSPS) is 10.5. The highest BCUT2D eigenvalue weighted by Gasteiger charge is 2.05. The topological polar surface area (TPSA) is 54.0 Å². The summed E-state index contributed by atoms with van der Waals surface area (Å²) in [6.07, 6.45) is 2.12. The Morgan fingerprint density at radius 3 is 2.94 bits per heavy atom. The van der Waals surface area contributed by atoms with Crippen LogP contribution in [0.5, 0.6) is 0 Å². The van der Waals surface area contributed by atoms with Crippen LogP contribution in [0.1, 0.15) is 20.3 Å². The number of hydrogen-bond donors (Lipinski definition) is 2. The maximum Gasteiger partial charge on any atom is 0.225 e. The number of nitrogens with one attached hydrogen (secondary N) is 2. The van der Waals surface area contributed by atoms with Gasteiger partial charge in [-0.15, -0.1) is 0 Å². The van der Waals surface area contributed by atoms with Gasteiger partial charge < -0.3 is 10.6 Å². The molecule has 1 aromatic rings. The van der Waals surface area contributed by atoms with E-state index in [1.807, 2.05) is 6.07 Å². The molecule has 0 saturated carbocycles. The minimum atomic E-state index is -0.0122. The highest BCUT2D eigenvalue weighted by atomic mass is 79.9. The molecule has 0 fully saturated rings. The number of halogens is 1. The molecule has 0 saturated heterocycles. The van der Waals surface area contributed by atoms with E-state index in [9.17, 15) is 4.79 Å². The van der Waals surface area contributed by atoms with Crippen molar-refractivity contribution in [3.8, 4) is 0 Å². The monoisotopic (exact) mass is 285 g/mol. The molecule has 88 valence electrons. The van der Waals surface area contributed by atoms with E-state index in [0.717, 1.165) is 0 Å². The van der Waals surface area contributed by atoms with Gasteiger partial charge in [-0.2, -0.15) is 0 Å². The van der Waals surface area contributed by atoms with Gasteiger partial charge in [-0.05, 0) is 28.1 Å². The molecule has 1 amide bonds. The summed E-state index contributed by atoms with van der Waals surface area (Å²) in [6.45, 7) is 4.78. The molecule has 0 atom stereocenters. The summed E-state index contributed by atoms with van der Waals surface area (Å²) < 4.78 is 0.653. The van der Waals surface area contributed by atoms with Gasteiger partial charge in [-0.3, -0.25) is 4.79 Å². The third-order valence-corrected chi connectivity index (χ3v) is 2.57. The van der Waals surface area contributed by atoms with Gasteiger partial charge in [0, 0.05) is 25.2 Å². The summed E-state index contributed by atoms with van der Waals surface area (Å²) in [6, 6.07) is 4.00. The van der Waals surface area contributed by atoms with Gasteiger partial charge in [0.05, 0.1) is 5.69 Å². The van der Waals surface area contributed by atoms with E-state index in [-0.39, 0.29) is 5.91 Å². The minimum absolute atomic E-state index is 0.0122. The average Bonchev–Trinajstić information content (AvgIpc) is 2.21. The SMILES string of the molecule is CC(C)NCCC(=O)Nc1cccnc1Br. The van der Waals surface area contributed by atoms with Crippen LogP contribution in [-0.2, 0) is 4.79 Å². The van der Waals surface area contributed by atoms with Crippen LogP contribution in [0.15, 0.2) is 22.9 Å². The third-order valence-electron chi connectivity index (χ3n) is 1.94. The second-order valence-corrected chi connectivity index (χ2v) is 4.50. The molecule has 0 aromatic carbocycles. The Kier molecular flexibility index (Phi) is 5.42. The number of hydrogen-bond acceptors (Lipinski definition) is 3. The van der Waals surface area contributed by atoms with Gasteiger partial charge in [0.25, 0.3) is 0 Å². The standard InChI is InChI=1S/C11H16BrN3O/c1-8(2)13-7-5-10(16)15-9-4-3-6-14-11(9)12/h3-4,6,8,13H,5,7H2,1-2H3,(H,15,16). The van der Waals surface area contributed by atoms with Crippen LogP contribution in [0.4, 0.5) is 5.69 Å². The fourth-order valence-corrected chi connectivity index (χ4v) is 1.52. The maximum absolute atomic E-state index is 11.5. The number of aromatic nitrogens is 1. The van der Waals surface area contributed by atoms with Crippen molar-refractivity contribution in [3.63, 3.8) is 0 Å². The molecular weight excluding hydrogens is 270 g/mol. The number of anilines is 1. The van der Waals surface area contributed by atoms with Crippen molar-refractivity contribution in [3.05, 3.63) is 22.9 Å². The van der Waals surface area contributed by atoms with E-state index < -0.39 is 0 Å². The summed E-state index contributed by atoms with van der Waals surface area (Å²) in [7, 11) is 0. The summed E-state index contributed by atoms with van der Waals surface area (Å²) in [5.41, 5.74) is 0.706. The van der Waals surface area contributed by atoms with E-state index in [4.69, 9.17) is 0 Å². The molecule has 0 aliphatic rings. The van der Waals surface area contributed by atoms with Gasteiger partial charge in [-0.25, -0.2) is 4.98 Å². The van der Waals surface area contributed by atoms with Crippen LogP contribution < -0.4 is 10.6 Å². The molecule has 16 heavy (non-hydrogen) atoms. The van der Waals surface area contributed by atoms with Crippen LogP contribution in [0, 0.1) is 0 Å². The lowest BCUT2D eigenvalue weighted by Gasteiger charge is -2.09. The maximum atomic E-state index is 11.5. The molecule has 0 unspecified atom stereocenters. The van der Waals surface area contributed by atoms with Crippen molar-refractivity contribution in [2.24, 2.45) is 0 Å². The van der Waals surface area contributed by atoms with Gasteiger partial charge in [-0.1, -0.05) is 13.8 Å². The molecule has 2 N–H and O–H groups in total. The molecule has 0 radical (unpaired) electrons. The number of amides is 1. The first kappa shape index (κ1) is 13.1. The van der Waals surface area contributed by atoms with E-state index in [1.54, 1.807) is 12.3 Å². The van der Waals surface area contributed by atoms with Crippen molar-refractivity contribution in [1.82, 2.24) is 10.3 Å². The van der Waals surface area contributed by atoms with Crippen LogP contribution in [0.25, 0.3) is 0 Å². The Balaban J connectivity index is 2.37. The largest absolute Gasteiger partial charge is 0.324 e. The highest BCUT2D eigenvalue weighted by molar-refractivity contribution is 9.10. The molecular formula is C11H16BrN3O. The first-order chi connectivity index (χ1) is 7.59. The Morgan fingerprint density at radius 1 is 1.56 bits per heavy atom. The van der Waals surface area contributed by atoms with Crippen molar-refractivity contribution in [2.45, 2.75) is 26.3 Å². The number of rotatable bonds is 5. The van der Waals surface area contributed by atoms with Crippen molar-refractivity contribution < 1.29 is 4.79 Å². The summed E-state index contributed by atoms with van der Waals surface area (Å²) in [5, 5.41) is 5.98. The van der Waals surface area contributed by atoms with Gasteiger partial charge in [0.1, 0.15) is 4.60 Å². The first-order valence-corrected chi connectivity index (χ1v) is 6.02. The predicted molar refractivity (Wildman–Crippen MR) is 68.3 cm³/mol. The van der Waals surface area contributed by atoms with Gasteiger partial charge in [0.2, 0.25) is 5.91 Å². The second kappa shape index (κ2) is 6.60. The van der Waals surface area contributed by atoms with E-state index >= 15 is 0 Å². The summed E-state index contributed by atoms with van der Waals surface area (Å²) in [5.74, 6) is -0.0122. The van der Waals surface area contributed by atoms with Crippen molar-refractivity contribution in [1.29, 1.82) is 0 Å². The quantitative estimate of drug-likeness (QED) is 0.816. The lowest BCUT2D eigenvalue weighted by molar-refractivity contribution is -0.116. The molecule has 1 heterocycles. The molecule has 1 aromatic heterocycles. The molecule has 5 heteroatoms. The Bertz CT molecular complexity index is 355. The number of carbonyl (C=O) groups excluding carboxylic acids is 1. The van der Waals surface area contributed by atoms with Crippen LogP contribution in [0.2, 0.25) is 0 Å². The van der Waals surface area contributed by atoms with Crippen molar-refractivity contribution in [2.75, 3.05) is 11.9 Å². The zero-order chi connectivity index (χ0) is 12.0.